The fourth-order valence-corrected chi connectivity index (χ4v) is 1.18. The van der Waals surface area contributed by atoms with Gasteiger partial charge in [0.15, 0.2) is 0 Å². The van der Waals surface area contributed by atoms with Crippen LogP contribution in [0.2, 0.25) is 0 Å². The van der Waals surface area contributed by atoms with Gasteiger partial charge < -0.3 is 0 Å². The summed E-state index contributed by atoms with van der Waals surface area (Å²) in [5.41, 5.74) is 3.58. The van der Waals surface area contributed by atoms with Crippen molar-refractivity contribution in [3.05, 3.63) is 23.3 Å². The van der Waals surface area contributed by atoms with Gasteiger partial charge in [0, 0.05) is 11.4 Å². The lowest BCUT2D eigenvalue weighted by atomic mass is 10.1. The highest BCUT2D eigenvalue weighted by molar-refractivity contribution is 5.21. The average Bonchev–Trinajstić information content (AvgIpc) is 2.08. The van der Waals surface area contributed by atoms with Crippen molar-refractivity contribution < 1.29 is 0 Å². The Morgan fingerprint density at radius 1 is 1.25 bits per heavy atom. The van der Waals surface area contributed by atoms with Crippen LogP contribution in [0, 0.1) is 13.8 Å². The number of rotatable bonds is 3. The molecule has 1 aromatic heterocycles. The Labute approximate surface area is 74.1 Å². The van der Waals surface area contributed by atoms with Crippen molar-refractivity contribution in [1.82, 2.24) is 9.97 Å². The Morgan fingerprint density at radius 3 is 2.67 bits per heavy atom. The molecule has 0 atom stereocenters. The molecule has 2 heteroatoms. The highest BCUT2D eigenvalue weighted by Crippen LogP contribution is 2.09. The van der Waals surface area contributed by atoms with Gasteiger partial charge in [0.1, 0.15) is 6.33 Å². The Balaban J connectivity index is 2.78. The molecule has 1 heterocycles. The third-order valence-corrected chi connectivity index (χ3v) is 2.21. The summed E-state index contributed by atoms with van der Waals surface area (Å²) in [5.74, 6) is 0. The average molecular weight is 164 g/mol. The Hall–Kier alpha value is -0.920. The summed E-state index contributed by atoms with van der Waals surface area (Å²) in [6, 6.07) is 0. The molecule has 0 radical (unpaired) electrons. The standard InChI is InChI=1S/C10H16N2/c1-4-5-6-10-8(2)9(3)11-7-12-10/h7H,4-6H2,1-3H3. The van der Waals surface area contributed by atoms with Crippen LogP contribution in [0.25, 0.3) is 0 Å². The second-order valence-corrected chi connectivity index (χ2v) is 3.13. The fraction of sp³-hybridized carbons (Fsp3) is 0.600. The zero-order chi connectivity index (χ0) is 8.97. The smallest absolute Gasteiger partial charge is 0.115 e. The quantitative estimate of drug-likeness (QED) is 0.685. The molecule has 0 N–H and O–H groups in total. The van der Waals surface area contributed by atoms with Gasteiger partial charge in [0.05, 0.1) is 0 Å². The van der Waals surface area contributed by atoms with Crippen molar-refractivity contribution in [3.63, 3.8) is 0 Å². The molecule has 2 nitrogen and oxygen atoms in total. The van der Waals surface area contributed by atoms with Crippen molar-refractivity contribution >= 4 is 0 Å². The first kappa shape index (κ1) is 9.17. The molecule has 12 heavy (non-hydrogen) atoms. The van der Waals surface area contributed by atoms with Crippen molar-refractivity contribution in [2.45, 2.75) is 40.0 Å². The summed E-state index contributed by atoms with van der Waals surface area (Å²) in [6.45, 7) is 6.33. The Bertz CT molecular complexity index is 256. The topological polar surface area (TPSA) is 25.8 Å². The summed E-state index contributed by atoms with van der Waals surface area (Å²) in [4.78, 5) is 8.40. The van der Waals surface area contributed by atoms with E-state index in [4.69, 9.17) is 0 Å². The highest BCUT2D eigenvalue weighted by atomic mass is 14.8. The summed E-state index contributed by atoms with van der Waals surface area (Å²) < 4.78 is 0. The van der Waals surface area contributed by atoms with Gasteiger partial charge in [-0.25, -0.2) is 9.97 Å². The van der Waals surface area contributed by atoms with Crippen LogP contribution in [0.4, 0.5) is 0 Å². The largest absolute Gasteiger partial charge is 0.241 e. The van der Waals surface area contributed by atoms with Gasteiger partial charge in [-0.2, -0.15) is 0 Å². The first-order chi connectivity index (χ1) is 5.75. The van der Waals surface area contributed by atoms with Crippen LogP contribution >= 0.6 is 0 Å². The van der Waals surface area contributed by atoms with Crippen molar-refractivity contribution in [2.75, 3.05) is 0 Å². The summed E-state index contributed by atoms with van der Waals surface area (Å²) in [6.07, 6.45) is 5.19. The van der Waals surface area contributed by atoms with Crippen molar-refractivity contribution in [3.8, 4) is 0 Å². The lowest BCUT2D eigenvalue weighted by molar-refractivity contribution is 0.764. The minimum atomic E-state index is 1.09. The predicted molar refractivity (Wildman–Crippen MR) is 50.1 cm³/mol. The molecule has 0 aliphatic carbocycles. The molecule has 0 saturated heterocycles. The number of hydrogen-bond donors (Lipinski definition) is 0. The van der Waals surface area contributed by atoms with E-state index >= 15 is 0 Å². The van der Waals surface area contributed by atoms with Crippen LogP contribution in [0.3, 0.4) is 0 Å². The molecule has 0 unspecified atom stereocenters. The first-order valence-electron chi connectivity index (χ1n) is 4.52. The molecule has 0 bridgehead atoms. The number of aryl methyl sites for hydroxylation is 2. The minimum absolute atomic E-state index is 1.09. The van der Waals surface area contributed by atoms with Gasteiger partial charge >= 0.3 is 0 Å². The van der Waals surface area contributed by atoms with E-state index in [1.165, 1.54) is 24.1 Å². The Morgan fingerprint density at radius 2 is 2.00 bits per heavy atom. The second kappa shape index (κ2) is 4.19. The zero-order valence-electron chi connectivity index (χ0n) is 8.09. The van der Waals surface area contributed by atoms with Gasteiger partial charge in [0.25, 0.3) is 0 Å². The molecule has 0 spiro atoms. The maximum Gasteiger partial charge on any atom is 0.115 e. The molecule has 1 aromatic rings. The maximum atomic E-state index is 4.27. The molecule has 0 amide bonds. The lowest BCUT2D eigenvalue weighted by Crippen LogP contribution is -1.98. The second-order valence-electron chi connectivity index (χ2n) is 3.13. The third-order valence-electron chi connectivity index (χ3n) is 2.21. The summed E-state index contributed by atoms with van der Waals surface area (Å²) in [5, 5.41) is 0. The summed E-state index contributed by atoms with van der Waals surface area (Å²) >= 11 is 0. The van der Waals surface area contributed by atoms with Gasteiger partial charge in [-0.05, 0) is 32.3 Å². The van der Waals surface area contributed by atoms with Gasteiger partial charge in [-0.3, -0.25) is 0 Å². The molecule has 0 aromatic carbocycles. The van der Waals surface area contributed by atoms with Crippen LogP contribution in [0.15, 0.2) is 6.33 Å². The van der Waals surface area contributed by atoms with Crippen LogP contribution in [-0.2, 0) is 6.42 Å². The Kier molecular flexibility index (Phi) is 3.20. The van der Waals surface area contributed by atoms with E-state index in [1.54, 1.807) is 6.33 Å². The van der Waals surface area contributed by atoms with E-state index in [0.717, 1.165) is 12.1 Å². The van der Waals surface area contributed by atoms with Crippen LogP contribution in [-0.4, -0.2) is 9.97 Å². The first-order valence-corrected chi connectivity index (χ1v) is 4.52. The molecule has 0 saturated carbocycles. The normalized spacial score (nSPS) is 10.2. The van der Waals surface area contributed by atoms with Gasteiger partial charge in [-0.1, -0.05) is 13.3 Å². The van der Waals surface area contributed by atoms with E-state index in [0.29, 0.717) is 0 Å². The minimum Gasteiger partial charge on any atom is -0.241 e. The van der Waals surface area contributed by atoms with E-state index < -0.39 is 0 Å². The van der Waals surface area contributed by atoms with E-state index in [-0.39, 0.29) is 0 Å². The molecule has 0 aliphatic heterocycles. The summed E-state index contributed by atoms with van der Waals surface area (Å²) in [7, 11) is 0. The van der Waals surface area contributed by atoms with E-state index in [9.17, 15) is 0 Å². The number of aromatic nitrogens is 2. The lowest BCUT2D eigenvalue weighted by Gasteiger charge is -2.04. The number of hydrogen-bond acceptors (Lipinski definition) is 2. The van der Waals surface area contributed by atoms with Gasteiger partial charge in [0.2, 0.25) is 0 Å². The fourth-order valence-electron chi connectivity index (χ4n) is 1.18. The molecule has 1 rings (SSSR count). The maximum absolute atomic E-state index is 4.27. The number of nitrogens with zero attached hydrogens (tertiary/aromatic N) is 2. The monoisotopic (exact) mass is 164 g/mol. The molecule has 66 valence electrons. The van der Waals surface area contributed by atoms with Crippen LogP contribution in [0.1, 0.15) is 36.7 Å². The molecular formula is C10H16N2. The van der Waals surface area contributed by atoms with Gasteiger partial charge in [-0.15, -0.1) is 0 Å². The van der Waals surface area contributed by atoms with Crippen LogP contribution in [0.5, 0.6) is 0 Å². The SMILES string of the molecule is CCCCc1ncnc(C)c1C. The zero-order valence-corrected chi connectivity index (χ0v) is 8.09. The molecule has 0 aliphatic rings. The van der Waals surface area contributed by atoms with E-state index in [1.807, 2.05) is 6.92 Å². The third kappa shape index (κ3) is 2.03. The number of unbranched alkanes of at least 4 members (excludes halogenated alkanes) is 1. The van der Waals surface area contributed by atoms with Crippen LogP contribution < -0.4 is 0 Å². The van der Waals surface area contributed by atoms with Crippen molar-refractivity contribution in [2.24, 2.45) is 0 Å². The highest BCUT2D eigenvalue weighted by Gasteiger charge is 2.01. The predicted octanol–water partition coefficient (Wildman–Crippen LogP) is 2.44. The molecule has 0 fully saturated rings. The molecular weight excluding hydrogens is 148 g/mol. The van der Waals surface area contributed by atoms with E-state index in [2.05, 4.69) is 23.8 Å². The van der Waals surface area contributed by atoms with Crippen molar-refractivity contribution in [1.29, 1.82) is 0 Å².